The van der Waals surface area contributed by atoms with Gasteiger partial charge in [-0.1, -0.05) is 19.3 Å². The molecule has 2 rings (SSSR count). The van der Waals surface area contributed by atoms with Crippen molar-refractivity contribution >= 4 is 17.1 Å². The summed E-state index contributed by atoms with van der Waals surface area (Å²) >= 11 is 0. The van der Waals surface area contributed by atoms with E-state index >= 15 is 0 Å². The van der Waals surface area contributed by atoms with Crippen LogP contribution in [0.2, 0.25) is 0 Å². The van der Waals surface area contributed by atoms with Crippen LogP contribution in [0.25, 0.3) is 0 Å². The smallest absolute Gasteiger partial charge is 0.184 e. The van der Waals surface area contributed by atoms with Gasteiger partial charge in [0.1, 0.15) is 5.69 Å². The normalized spacial score (nSPS) is 13.7. The Morgan fingerprint density at radius 1 is 0.800 bits per heavy atom. The molecule has 0 unspecified atom stereocenters. The second kappa shape index (κ2) is 11.8. The predicted octanol–water partition coefficient (Wildman–Crippen LogP) is 0.969. The molecule has 30 heavy (non-hydrogen) atoms. The molecule has 10 nitrogen and oxygen atoms in total. The maximum atomic E-state index is 9.80. The Bertz CT molecular complexity index is 821. The number of nitrogens with zero attached hydrogens (tertiary/aromatic N) is 7. The molecule has 0 atom stereocenters. The lowest BCUT2D eigenvalue weighted by molar-refractivity contribution is 0.304. The van der Waals surface area contributed by atoms with Crippen molar-refractivity contribution < 1.29 is 15.3 Å². The molecule has 1 aliphatic carbocycles. The number of aliphatic hydroxyl groups excluding tert-OH is 3. The van der Waals surface area contributed by atoms with Crippen molar-refractivity contribution in [2.24, 2.45) is 0 Å². The van der Waals surface area contributed by atoms with Crippen molar-refractivity contribution in [2.75, 3.05) is 54.2 Å². The quantitative estimate of drug-likeness (QED) is 0.373. The summed E-state index contributed by atoms with van der Waals surface area (Å²) in [6, 6.07) is 0. The van der Waals surface area contributed by atoms with Gasteiger partial charge in [-0.05, 0) is 12.8 Å². The SMILES string of the molecule is N#CN(CCO)c1cnc(C2CCCCC2)c(N(C#N)CCO)c1N(C#N)CCO. The summed E-state index contributed by atoms with van der Waals surface area (Å²) in [6.07, 6.45) is 12.5. The van der Waals surface area contributed by atoms with Crippen LogP contribution in [0.4, 0.5) is 17.1 Å². The third-order valence-corrected chi connectivity index (χ3v) is 5.19. The van der Waals surface area contributed by atoms with Crippen molar-refractivity contribution in [3.05, 3.63) is 11.9 Å². The lowest BCUT2D eigenvalue weighted by Crippen LogP contribution is -2.32. The van der Waals surface area contributed by atoms with Crippen molar-refractivity contribution in [1.82, 2.24) is 4.98 Å². The Morgan fingerprint density at radius 3 is 1.80 bits per heavy atom. The van der Waals surface area contributed by atoms with E-state index in [1.54, 1.807) is 0 Å². The third kappa shape index (κ3) is 5.08. The summed E-state index contributed by atoms with van der Waals surface area (Å²) in [7, 11) is 0. The van der Waals surface area contributed by atoms with Crippen LogP contribution >= 0.6 is 0 Å². The summed E-state index contributed by atoms with van der Waals surface area (Å²) in [6.45, 7) is -0.948. The van der Waals surface area contributed by atoms with Gasteiger partial charge >= 0.3 is 0 Å². The van der Waals surface area contributed by atoms with Crippen LogP contribution in [0.3, 0.4) is 0 Å². The predicted molar refractivity (Wildman–Crippen MR) is 110 cm³/mol. The summed E-state index contributed by atoms with van der Waals surface area (Å²) < 4.78 is 0. The minimum atomic E-state index is -0.313. The highest BCUT2D eigenvalue weighted by Crippen LogP contribution is 2.45. The number of pyridine rings is 1. The molecule has 1 aromatic rings. The van der Waals surface area contributed by atoms with E-state index in [9.17, 15) is 31.1 Å². The molecule has 10 heteroatoms. The van der Waals surface area contributed by atoms with E-state index in [-0.39, 0.29) is 56.7 Å². The van der Waals surface area contributed by atoms with Gasteiger partial charge in [0.25, 0.3) is 0 Å². The highest BCUT2D eigenvalue weighted by Gasteiger charge is 2.31. The fraction of sp³-hybridized carbons (Fsp3) is 0.600. The summed E-state index contributed by atoms with van der Waals surface area (Å²) in [5.41, 5.74) is 1.54. The monoisotopic (exact) mass is 413 g/mol. The Hall–Kier alpha value is -3.10. The van der Waals surface area contributed by atoms with Crippen molar-refractivity contribution in [3.63, 3.8) is 0 Å². The first-order valence-electron chi connectivity index (χ1n) is 10.0. The van der Waals surface area contributed by atoms with Gasteiger partial charge in [-0.25, -0.2) is 0 Å². The zero-order valence-corrected chi connectivity index (χ0v) is 16.9. The number of anilines is 3. The van der Waals surface area contributed by atoms with Crippen LogP contribution in [-0.2, 0) is 0 Å². The average molecular weight is 413 g/mol. The largest absolute Gasteiger partial charge is 0.394 e. The average Bonchev–Trinajstić information content (AvgIpc) is 2.79. The zero-order chi connectivity index (χ0) is 21.9. The molecule has 0 aromatic carbocycles. The third-order valence-electron chi connectivity index (χ3n) is 5.19. The van der Waals surface area contributed by atoms with Crippen LogP contribution in [0.1, 0.15) is 43.7 Å². The zero-order valence-electron chi connectivity index (χ0n) is 16.9. The first-order chi connectivity index (χ1) is 14.7. The molecular formula is C20H27N7O3. The van der Waals surface area contributed by atoms with Gasteiger partial charge < -0.3 is 15.3 Å². The molecule has 3 N–H and O–H groups in total. The fourth-order valence-corrected chi connectivity index (χ4v) is 3.85. The number of nitriles is 3. The van der Waals surface area contributed by atoms with E-state index in [4.69, 9.17) is 0 Å². The highest BCUT2D eigenvalue weighted by molar-refractivity contribution is 5.88. The molecule has 0 aliphatic heterocycles. The second-order valence-electron chi connectivity index (χ2n) is 6.99. The summed E-state index contributed by atoms with van der Waals surface area (Å²) in [5.74, 6) is 0.0825. The topological polar surface area (TPSA) is 155 Å². The van der Waals surface area contributed by atoms with Gasteiger partial charge in [-0.2, -0.15) is 15.8 Å². The van der Waals surface area contributed by atoms with E-state index in [1.807, 2.05) is 12.4 Å². The molecule has 160 valence electrons. The van der Waals surface area contributed by atoms with Gasteiger partial charge in [0.15, 0.2) is 18.6 Å². The number of hydrogen-bond acceptors (Lipinski definition) is 10. The Labute approximate surface area is 176 Å². The van der Waals surface area contributed by atoms with Gasteiger partial charge in [0.05, 0.1) is 62.7 Å². The number of hydrogen-bond donors (Lipinski definition) is 3. The molecule has 1 aromatic heterocycles. The number of aromatic nitrogens is 1. The Kier molecular flexibility index (Phi) is 9.11. The lowest BCUT2D eigenvalue weighted by atomic mass is 9.85. The maximum absolute atomic E-state index is 9.80. The Balaban J connectivity index is 2.81. The molecule has 1 fully saturated rings. The number of aliphatic hydroxyl groups is 3. The Morgan fingerprint density at radius 2 is 1.30 bits per heavy atom. The highest BCUT2D eigenvalue weighted by atomic mass is 16.3. The van der Waals surface area contributed by atoms with E-state index in [0.717, 1.165) is 32.1 Å². The number of rotatable bonds is 10. The first kappa shape index (κ1) is 23.2. The van der Waals surface area contributed by atoms with Gasteiger partial charge in [0, 0.05) is 5.92 Å². The van der Waals surface area contributed by atoms with E-state index in [2.05, 4.69) is 11.2 Å². The molecule has 1 saturated carbocycles. The first-order valence-corrected chi connectivity index (χ1v) is 10.0. The summed E-state index contributed by atoms with van der Waals surface area (Å²) in [5, 5.41) is 57.5. The van der Waals surface area contributed by atoms with Crippen LogP contribution in [0, 0.1) is 34.4 Å². The van der Waals surface area contributed by atoms with E-state index in [1.165, 1.54) is 20.9 Å². The van der Waals surface area contributed by atoms with Crippen LogP contribution in [0.15, 0.2) is 6.20 Å². The van der Waals surface area contributed by atoms with Crippen molar-refractivity contribution in [3.8, 4) is 18.6 Å². The minimum absolute atomic E-state index is 0.000694. The molecule has 1 aliphatic rings. The molecule has 0 spiro atoms. The molecule has 0 bridgehead atoms. The summed E-state index contributed by atoms with van der Waals surface area (Å²) in [4.78, 5) is 8.30. The fourth-order valence-electron chi connectivity index (χ4n) is 3.85. The standard InChI is InChI=1S/C20H27N7O3/c21-13-25(6-9-28)17-12-24-18(16-4-2-1-3-5-16)20(27(15-23)8-11-30)19(17)26(14-22)7-10-29/h12,16,28-30H,1-11H2. The minimum Gasteiger partial charge on any atom is -0.394 e. The lowest BCUT2D eigenvalue weighted by Gasteiger charge is -2.32. The van der Waals surface area contributed by atoms with E-state index < -0.39 is 0 Å². The molecule has 0 amide bonds. The van der Waals surface area contributed by atoms with Crippen molar-refractivity contribution in [2.45, 2.75) is 38.0 Å². The van der Waals surface area contributed by atoms with Crippen molar-refractivity contribution in [1.29, 1.82) is 15.8 Å². The van der Waals surface area contributed by atoms with Gasteiger partial charge in [-0.3, -0.25) is 19.7 Å². The van der Waals surface area contributed by atoms with Gasteiger partial charge in [0.2, 0.25) is 0 Å². The molecule has 0 saturated heterocycles. The molecule has 0 radical (unpaired) electrons. The molecule has 1 heterocycles. The van der Waals surface area contributed by atoms with E-state index in [0.29, 0.717) is 11.4 Å². The van der Waals surface area contributed by atoms with Crippen LogP contribution in [-0.4, -0.2) is 59.8 Å². The van der Waals surface area contributed by atoms with Crippen LogP contribution in [0.5, 0.6) is 0 Å². The molecular weight excluding hydrogens is 386 g/mol. The van der Waals surface area contributed by atoms with Gasteiger partial charge in [-0.15, -0.1) is 0 Å². The second-order valence-corrected chi connectivity index (χ2v) is 6.99. The maximum Gasteiger partial charge on any atom is 0.184 e. The van der Waals surface area contributed by atoms with Crippen LogP contribution < -0.4 is 14.7 Å².